The molecule has 0 radical (unpaired) electrons. The maximum Gasteiger partial charge on any atom is 0.419 e. The van der Waals surface area contributed by atoms with Crippen LogP contribution in [0.3, 0.4) is 0 Å². The van der Waals surface area contributed by atoms with Crippen LogP contribution in [0.15, 0.2) is 30.3 Å². The number of nitrogens with two attached hydrogens (primary N) is 1. The second kappa shape index (κ2) is 8.78. The molecule has 3 N–H and O–H groups in total. The van der Waals surface area contributed by atoms with Crippen LogP contribution in [0.25, 0.3) is 0 Å². The summed E-state index contributed by atoms with van der Waals surface area (Å²) in [5.41, 5.74) is 2.63. The normalized spacial score (nSPS) is 11.6. The first-order valence-electron chi connectivity index (χ1n) is 6.95. The quantitative estimate of drug-likeness (QED) is 0.361. The molecule has 120 valence electrons. The Morgan fingerprint density at radius 2 is 1.95 bits per heavy atom. The van der Waals surface area contributed by atoms with Gasteiger partial charge in [-0.1, -0.05) is 44.2 Å². The summed E-state index contributed by atoms with van der Waals surface area (Å²) in [5, 5.41) is 0. The average molecular weight is 307 g/mol. The van der Waals surface area contributed by atoms with Gasteiger partial charge in [-0.15, -0.1) is 0 Å². The van der Waals surface area contributed by atoms with Crippen LogP contribution >= 0.6 is 0 Å². The van der Waals surface area contributed by atoms with Gasteiger partial charge in [0.25, 0.3) is 0 Å². The summed E-state index contributed by atoms with van der Waals surface area (Å²) in [4.78, 5) is 35.8. The number of urea groups is 1. The van der Waals surface area contributed by atoms with Gasteiger partial charge in [0, 0.05) is 0 Å². The van der Waals surface area contributed by atoms with Crippen molar-refractivity contribution in [1.29, 1.82) is 0 Å². The van der Waals surface area contributed by atoms with Crippen LogP contribution in [-0.4, -0.2) is 29.4 Å². The fourth-order valence-electron chi connectivity index (χ4n) is 1.93. The average Bonchev–Trinajstić information content (AvgIpc) is 2.52. The molecular weight excluding hydrogens is 286 g/mol. The topological polar surface area (TPSA) is 102 Å². The molecule has 0 aliphatic carbocycles. The SMILES string of the molecule is CC(C)C[C@@H](C=O)N(C(=O)NN)C(=O)OCc1ccccc1. The first kappa shape index (κ1) is 17.6. The van der Waals surface area contributed by atoms with E-state index in [2.05, 4.69) is 0 Å². The smallest absolute Gasteiger partial charge is 0.419 e. The van der Waals surface area contributed by atoms with Gasteiger partial charge in [-0.2, -0.15) is 0 Å². The van der Waals surface area contributed by atoms with E-state index in [1.807, 2.05) is 25.3 Å². The summed E-state index contributed by atoms with van der Waals surface area (Å²) in [5.74, 6) is 5.19. The highest BCUT2D eigenvalue weighted by atomic mass is 16.6. The Morgan fingerprint density at radius 3 is 2.45 bits per heavy atom. The number of benzene rings is 1. The molecule has 0 aliphatic rings. The number of imide groups is 1. The number of carbonyl (C=O) groups is 3. The van der Waals surface area contributed by atoms with Gasteiger partial charge in [0.2, 0.25) is 0 Å². The number of rotatable bonds is 6. The van der Waals surface area contributed by atoms with Crippen molar-refractivity contribution in [3.63, 3.8) is 0 Å². The zero-order chi connectivity index (χ0) is 16.5. The predicted molar refractivity (Wildman–Crippen MR) is 80.5 cm³/mol. The van der Waals surface area contributed by atoms with E-state index < -0.39 is 18.2 Å². The number of nitrogens with zero attached hydrogens (tertiary/aromatic N) is 1. The highest BCUT2D eigenvalue weighted by molar-refractivity contribution is 5.93. The number of hydrogen-bond donors (Lipinski definition) is 2. The predicted octanol–water partition coefficient (Wildman–Crippen LogP) is 1.82. The van der Waals surface area contributed by atoms with Crippen LogP contribution in [0.1, 0.15) is 25.8 Å². The number of aldehydes is 1. The molecule has 1 atom stereocenters. The molecule has 0 unspecified atom stereocenters. The molecule has 0 saturated carbocycles. The van der Waals surface area contributed by atoms with E-state index >= 15 is 0 Å². The standard InChI is InChI=1S/C15H21N3O4/c1-11(2)8-13(9-19)18(14(20)17-16)15(21)22-10-12-6-4-3-5-7-12/h3-7,9,11,13H,8,10,16H2,1-2H3,(H,17,20)/t13-/m0/s1. The third kappa shape index (κ3) is 5.17. The van der Waals surface area contributed by atoms with E-state index in [9.17, 15) is 14.4 Å². The van der Waals surface area contributed by atoms with Gasteiger partial charge in [-0.25, -0.2) is 20.3 Å². The fraction of sp³-hybridized carbons (Fsp3) is 0.400. The third-order valence-electron chi connectivity index (χ3n) is 2.95. The number of ether oxygens (including phenoxy) is 1. The Bertz CT molecular complexity index is 505. The molecule has 0 fully saturated rings. The van der Waals surface area contributed by atoms with Crippen LogP contribution in [0.4, 0.5) is 9.59 Å². The van der Waals surface area contributed by atoms with Gasteiger partial charge in [-0.3, -0.25) is 5.43 Å². The van der Waals surface area contributed by atoms with Crippen LogP contribution in [-0.2, 0) is 16.1 Å². The van der Waals surface area contributed by atoms with Gasteiger partial charge in [0.15, 0.2) is 0 Å². The first-order valence-corrected chi connectivity index (χ1v) is 6.95. The van der Waals surface area contributed by atoms with Crippen molar-refractivity contribution < 1.29 is 19.1 Å². The minimum atomic E-state index is -0.924. The number of nitrogens with one attached hydrogen (secondary N) is 1. The fourth-order valence-corrected chi connectivity index (χ4v) is 1.93. The molecule has 1 aromatic rings. The van der Waals surface area contributed by atoms with Gasteiger partial charge in [-0.05, 0) is 17.9 Å². The maximum atomic E-state index is 12.1. The second-order valence-electron chi connectivity index (χ2n) is 5.19. The molecule has 0 heterocycles. The van der Waals surface area contributed by atoms with E-state index in [1.165, 1.54) is 0 Å². The summed E-state index contributed by atoms with van der Waals surface area (Å²) < 4.78 is 5.09. The van der Waals surface area contributed by atoms with Gasteiger partial charge < -0.3 is 9.53 Å². The molecule has 7 heteroatoms. The minimum Gasteiger partial charge on any atom is -0.444 e. The molecule has 0 saturated heterocycles. The number of carbonyl (C=O) groups excluding carboxylic acids is 3. The summed E-state index contributed by atoms with van der Waals surface area (Å²) >= 11 is 0. The van der Waals surface area contributed by atoms with Crippen molar-refractivity contribution in [2.24, 2.45) is 11.8 Å². The molecule has 0 aliphatic heterocycles. The number of amides is 3. The molecule has 0 aromatic heterocycles. The van der Waals surface area contributed by atoms with Crippen LogP contribution in [0, 0.1) is 5.92 Å². The molecule has 1 rings (SSSR count). The van der Waals surface area contributed by atoms with Crippen molar-refractivity contribution in [1.82, 2.24) is 10.3 Å². The van der Waals surface area contributed by atoms with Crippen molar-refractivity contribution in [3.8, 4) is 0 Å². The summed E-state index contributed by atoms with van der Waals surface area (Å²) in [6.07, 6.45) is -0.0410. The van der Waals surface area contributed by atoms with Crippen molar-refractivity contribution in [3.05, 3.63) is 35.9 Å². The molecule has 3 amide bonds. The highest BCUT2D eigenvalue weighted by Crippen LogP contribution is 2.13. The molecule has 0 bridgehead atoms. The Kier molecular flexibility index (Phi) is 7.04. The molecule has 0 spiro atoms. The van der Waals surface area contributed by atoms with E-state index in [0.717, 1.165) is 5.56 Å². The van der Waals surface area contributed by atoms with Crippen LogP contribution < -0.4 is 11.3 Å². The van der Waals surface area contributed by atoms with Crippen molar-refractivity contribution >= 4 is 18.4 Å². The first-order chi connectivity index (χ1) is 10.5. The summed E-state index contributed by atoms with van der Waals surface area (Å²) in [6.45, 7) is 3.76. The van der Waals surface area contributed by atoms with E-state index in [0.29, 0.717) is 17.6 Å². The zero-order valence-corrected chi connectivity index (χ0v) is 12.7. The van der Waals surface area contributed by atoms with E-state index in [4.69, 9.17) is 10.6 Å². The van der Waals surface area contributed by atoms with Gasteiger partial charge in [0.1, 0.15) is 18.9 Å². The Balaban J connectivity index is 2.79. The monoisotopic (exact) mass is 307 g/mol. The van der Waals surface area contributed by atoms with Crippen molar-refractivity contribution in [2.45, 2.75) is 32.9 Å². The molecule has 7 nitrogen and oxygen atoms in total. The van der Waals surface area contributed by atoms with Crippen molar-refractivity contribution in [2.75, 3.05) is 0 Å². The van der Waals surface area contributed by atoms with Crippen LogP contribution in [0.2, 0.25) is 0 Å². The van der Waals surface area contributed by atoms with Crippen LogP contribution in [0.5, 0.6) is 0 Å². The lowest BCUT2D eigenvalue weighted by atomic mass is 10.0. The lowest BCUT2D eigenvalue weighted by Gasteiger charge is -2.26. The zero-order valence-electron chi connectivity index (χ0n) is 12.7. The largest absolute Gasteiger partial charge is 0.444 e. The third-order valence-corrected chi connectivity index (χ3v) is 2.95. The van der Waals surface area contributed by atoms with E-state index in [-0.39, 0.29) is 12.5 Å². The second-order valence-corrected chi connectivity index (χ2v) is 5.19. The lowest BCUT2D eigenvalue weighted by Crippen LogP contribution is -2.52. The van der Waals surface area contributed by atoms with Gasteiger partial charge in [0.05, 0.1) is 0 Å². The molecule has 22 heavy (non-hydrogen) atoms. The Hall–Kier alpha value is -2.41. The number of hydrazine groups is 1. The van der Waals surface area contributed by atoms with Gasteiger partial charge >= 0.3 is 12.1 Å². The minimum absolute atomic E-state index is 0.00127. The maximum absolute atomic E-state index is 12.1. The Morgan fingerprint density at radius 1 is 1.32 bits per heavy atom. The van der Waals surface area contributed by atoms with E-state index in [1.54, 1.807) is 24.3 Å². The Labute approximate surface area is 129 Å². The summed E-state index contributed by atoms with van der Waals surface area (Å²) in [6, 6.07) is 7.21. The summed E-state index contributed by atoms with van der Waals surface area (Å²) in [7, 11) is 0. The molecular formula is C15H21N3O4. The lowest BCUT2D eigenvalue weighted by molar-refractivity contribution is -0.111. The number of hydrogen-bond acceptors (Lipinski definition) is 5. The highest BCUT2D eigenvalue weighted by Gasteiger charge is 2.31. The molecule has 1 aromatic carbocycles.